The number of rotatable bonds is 8. The summed E-state index contributed by atoms with van der Waals surface area (Å²) in [5.41, 5.74) is 2.76. The van der Waals surface area contributed by atoms with Gasteiger partial charge in [-0.05, 0) is 41.9 Å². The van der Waals surface area contributed by atoms with Gasteiger partial charge in [-0.15, -0.1) is 0 Å². The van der Waals surface area contributed by atoms with Gasteiger partial charge in [-0.1, -0.05) is 86.1 Å². The van der Waals surface area contributed by atoms with E-state index in [1.165, 1.54) is 0 Å². The van der Waals surface area contributed by atoms with E-state index >= 15 is 0 Å². The number of carbonyl (C=O) groups excluding carboxylic acids is 2. The first-order valence-corrected chi connectivity index (χ1v) is 11.1. The number of amides is 2. The lowest BCUT2D eigenvalue weighted by atomic mass is 9.90. The Morgan fingerprint density at radius 1 is 0.844 bits per heavy atom. The molecule has 0 atom stereocenters. The molecular weight excluding hydrogens is 418 g/mol. The first-order valence-electron chi connectivity index (χ1n) is 10.7. The maximum atomic E-state index is 13.2. The Morgan fingerprint density at radius 2 is 1.41 bits per heavy atom. The third-order valence-corrected chi connectivity index (χ3v) is 5.20. The summed E-state index contributed by atoms with van der Waals surface area (Å²) in [5, 5.41) is 8.85. The van der Waals surface area contributed by atoms with Gasteiger partial charge >= 0.3 is 0 Å². The summed E-state index contributed by atoms with van der Waals surface area (Å²) in [6.07, 6.45) is 1.91. The molecule has 0 aliphatic rings. The molecule has 3 aromatic carbocycles. The van der Waals surface area contributed by atoms with Crippen molar-refractivity contribution in [2.24, 2.45) is 0 Å². The molecule has 0 heterocycles. The fourth-order valence-corrected chi connectivity index (χ4v) is 3.60. The molecule has 3 aromatic rings. The number of para-hydroxylation sites is 1. The summed E-state index contributed by atoms with van der Waals surface area (Å²) in [4.78, 5) is 25.8. The minimum Gasteiger partial charge on any atom is -0.352 e. The zero-order valence-corrected chi connectivity index (χ0v) is 18.8. The molecule has 3 N–H and O–H groups in total. The maximum absolute atomic E-state index is 13.2. The Labute approximate surface area is 194 Å². The summed E-state index contributed by atoms with van der Waals surface area (Å²) in [7, 11) is 0. The van der Waals surface area contributed by atoms with Crippen molar-refractivity contribution in [3.8, 4) is 0 Å². The lowest BCUT2D eigenvalue weighted by molar-refractivity contribution is -0.120. The second-order valence-electron chi connectivity index (χ2n) is 7.35. The molecule has 0 spiro atoms. The van der Waals surface area contributed by atoms with Gasteiger partial charge in [0.15, 0.2) is 5.11 Å². The molecule has 2 amide bonds. The van der Waals surface area contributed by atoms with E-state index in [-0.39, 0.29) is 16.9 Å². The molecule has 164 valence electrons. The van der Waals surface area contributed by atoms with Gasteiger partial charge in [0.1, 0.15) is 0 Å². The normalized spacial score (nSPS) is 10.4. The Kier molecular flexibility index (Phi) is 8.52. The molecule has 0 saturated carbocycles. The van der Waals surface area contributed by atoms with Crippen molar-refractivity contribution in [1.29, 1.82) is 0 Å². The molecule has 5 nitrogen and oxygen atoms in total. The van der Waals surface area contributed by atoms with Gasteiger partial charge in [0, 0.05) is 6.54 Å². The highest BCUT2D eigenvalue weighted by Crippen LogP contribution is 2.25. The van der Waals surface area contributed by atoms with E-state index in [4.69, 9.17) is 12.2 Å². The number of carbonyl (C=O) groups is 2. The number of anilines is 1. The van der Waals surface area contributed by atoms with Gasteiger partial charge in [-0.2, -0.15) is 0 Å². The minimum atomic E-state index is -0.510. The third kappa shape index (κ3) is 6.25. The quantitative estimate of drug-likeness (QED) is 0.342. The van der Waals surface area contributed by atoms with Crippen LogP contribution < -0.4 is 16.0 Å². The first-order chi connectivity index (χ1) is 15.6. The lowest BCUT2D eigenvalue weighted by Gasteiger charge is -2.19. The second-order valence-corrected chi connectivity index (χ2v) is 7.76. The van der Waals surface area contributed by atoms with Crippen LogP contribution in [0.4, 0.5) is 5.69 Å². The summed E-state index contributed by atoms with van der Waals surface area (Å²) in [6.45, 7) is 2.68. The van der Waals surface area contributed by atoms with Crippen molar-refractivity contribution in [3.63, 3.8) is 0 Å². The Hall–Kier alpha value is -3.51. The van der Waals surface area contributed by atoms with E-state index in [2.05, 4.69) is 22.9 Å². The standard InChI is InChI=1S/C26H27N3O2S/c1-2-3-18-27-24(30)21-16-10-11-17-22(21)28-26(32)29-25(31)23(19-12-6-4-7-13-19)20-14-8-5-9-15-20/h4-17,23H,2-3,18H2,1H3,(H,27,30)(H2,28,29,31,32). The van der Waals surface area contributed by atoms with E-state index in [0.29, 0.717) is 17.8 Å². The van der Waals surface area contributed by atoms with Crippen molar-refractivity contribution >= 4 is 34.8 Å². The Bertz CT molecular complexity index is 1020. The third-order valence-electron chi connectivity index (χ3n) is 5.00. The zero-order valence-electron chi connectivity index (χ0n) is 18.0. The average Bonchev–Trinajstić information content (AvgIpc) is 2.81. The minimum absolute atomic E-state index is 0.140. The number of benzene rings is 3. The smallest absolute Gasteiger partial charge is 0.253 e. The van der Waals surface area contributed by atoms with Crippen LogP contribution in [0.15, 0.2) is 84.9 Å². The molecule has 0 fully saturated rings. The van der Waals surface area contributed by atoms with E-state index in [9.17, 15) is 9.59 Å². The van der Waals surface area contributed by atoms with Gasteiger partial charge in [-0.3, -0.25) is 9.59 Å². The highest BCUT2D eigenvalue weighted by Gasteiger charge is 2.23. The number of unbranched alkanes of at least 4 members (excludes halogenated alkanes) is 1. The van der Waals surface area contributed by atoms with Crippen molar-refractivity contribution in [3.05, 3.63) is 102 Å². The fraction of sp³-hybridized carbons (Fsp3) is 0.192. The van der Waals surface area contributed by atoms with Crippen LogP contribution in [0, 0.1) is 0 Å². The van der Waals surface area contributed by atoms with Crippen molar-refractivity contribution in [2.45, 2.75) is 25.7 Å². The van der Waals surface area contributed by atoms with E-state index in [0.717, 1.165) is 24.0 Å². The summed E-state index contributed by atoms with van der Waals surface area (Å²) >= 11 is 5.41. The van der Waals surface area contributed by atoms with Crippen LogP contribution in [0.2, 0.25) is 0 Å². The van der Waals surface area contributed by atoms with Crippen LogP contribution in [0.5, 0.6) is 0 Å². The molecule has 0 radical (unpaired) electrons. The van der Waals surface area contributed by atoms with Crippen LogP contribution in [-0.2, 0) is 4.79 Å². The second kappa shape index (κ2) is 11.8. The molecule has 0 unspecified atom stereocenters. The Morgan fingerprint density at radius 3 is 2.00 bits per heavy atom. The predicted octanol–water partition coefficient (Wildman–Crippen LogP) is 4.86. The van der Waals surface area contributed by atoms with E-state index in [1.807, 2.05) is 66.7 Å². The molecule has 6 heteroatoms. The van der Waals surface area contributed by atoms with Crippen LogP contribution >= 0.6 is 12.2 Å². The predicted molar refractivity (Wildman–Crippen MR) is 133 cm³/mol. The van der Waals surface area contributed by atoms with Crippen LogP contribution in [0.1, 0.15) is 47.2 Å². The molecule has 0 bridgehead atoms. The average molecular weight is 446 g/mol. The van der Waals surface area contributed by atoms with Crippen LogP contribution in [0.3, 0.4) is 0 Å². The first kappa shape index (κ1) is 23.2. The van der Waals surface area contributed by atoms with Gasteiger partial charge in [0.2, 0.25) is 5.91 Å². The van der Waals surface area contributed by atoms with E-state index in [1.54, 1.807) is 18.2 Å². The summed E-state index contributed by atoms with van der Waals surface area (Å²) < 4.78 is 0. The molecule has 0 aromatic heterocycles. The van der Waals surface area contributed by atoms with Crippen molar-refractivity contribution < 1.29 is 9.59 Å². The lowest BCUT2D eigenvalue weighted by Crippen LogP contribution is -2.38. The van der Waals surface area contributed by atoms with Crippen molar-refractivity contribution in [1.82, 2.24) is 10.6 Å². The van der Waals surface area contributed by atoms with Crippen LogP contribution in [0.25, 0.3) is 0 Å². The monoisotopic (exact) mass is 445 g/mol. The van der Waals surface area contributed by atoms with Gasteiger partial charge in [0.05, 0.1) is 17.2 Å². The number of thiocarbonyl (C=S) groups is 1. The number of hydrogen-bond donors (Lipinski definition) is 3. The molecular formula is C26H27N3O2S. The topological polar surface area (TPSA) is 70.2 Å². The highest BCUT2D eigenvalue weighted by atomic mass is 32.1. The van der Waals surface area contributed by atoms with Gasteiger partial charge < -0.3 is 16.0 Å². The zero-order chi connectivity index (χ0) is 22.8. The molecule has 0 aliphatic carbocycles. The molecule has 0 saturated heterocycles. The summed E-state index contributed by atoms with van der Waals surface area (Å²) in [6, 6.07) is 26.2. The van der Waals surface area contributed by atoms with Crippen LogP contribution in [-0.4, -0.2) is 23.5 Å². The largest absolute Gasteiger partial charge is 0.352 e. The SMILES string of the molecule is CCCCNC(=O)c1ccccc1NC(=S)NC(=O)C(c1ccccc1)c1ccccc1. The van der Waals surface area contributed by atoms with E-state index < -0.39 is 5.92 Å². The fourth-order valence-electron chi connectivity index (χ4n) is 3.39. The number of hydrogen-bond acceptors (Lipinski definition) is 3. The molecule has 32 heavy (non-hydrogen) atoms. The van der Waals surface area contributed by atoms with Gasteiger partial charge in [-0.25, -0.2) is 0 Å². The number of nitrogens with one attached hydrogen (secondary N) is 3. The summed E-state index contributed by atoms with van der Waals surface area (Å²) in [5.74, 6) is -0.934. The van der Waals surface area contributed by atoms with Gasteiger partial charge in [0.25, 0.3) is 5.91 Å². The highest BCUT2D eigenvalue weighted by molar-refractivity contribution is 7.80. The van der Waals surface area contributed by atoms with Crippen molar-refractivity contribution in [2.75, 3.05) is 11.9 Å². The Balaban J connectivity index is 1.74. The molecule has 0 aliphatic heterocycles. The molecule has 3 rings (SSSR count). The maximum Gasteiger partial charge on any atom is 0.253 e.